The second kappa shape index (κ2) is 7.51. The van der Waals surface area contributed by atoms with Gasteiger partial charge in [0, 0.05) is 11.1 Å². The van der Waals surface area contributed by atoms with E-state index in [-0.39, 0.29) is 22.2 Å². The lowest BCUT2D eigenvalue weighted by atomic mass is 10.1. The molecule has 8 nitrogen and oxygen atoms in total. The number of furan rings is 1. The predicted octanol–water partition coefficient (Wildman–Crippen LogP) is 2.37. The quantitative estimate of drug-likeness (QED) is 0.479. The van der Waals surface area contributed by atoms with Crippen LogP contribution in [0.3, 0.4) is 0 Å². The summed E-state index contributed by atoms with van der Waals surface area (Å²) in [5, 5.41) is 33.5. The molecule has 0 aliphatic rings. The third kappa shape index (κ3) is 3.89. The van der Waals surface area contributed by atoms with Crippen molar-refractivity contribution >= 4 is 17.8 Å². The number of hydrazone groups is 1. The van der Waals surface area contributed by atoms with E-state index in [4.69, 9.17) is 14.8 Å². The normalized spacial score (nSPS) is 10.8. The van der Waals surface area contributed by atoms with Gasteiger partial charge in [-0.2, -0.15) is 5.10 Å². The summed E-state index contributed by atoms with van der Waals surface area (Å²) in [6, 6.07) is 15.6. The lowest BCUT2D eigenvalue weighted by molar-refractivity contribution is -0.268. The first-order valence-corrected chi connectivity index (χ1v) is 7.52. The molecule has 132 valence electrons. The summed E-state index contributed by atoms with van der Waals surface area (Å²) >= 11 is 0. The first kappa shape index (κ1) is 17.2. The molecule has 0 aliphatic carbocycles. The number of hydrogen-bond acceptors (Lipinski definition) is 7. The van der Waals surface area contributed by atoms with Crippen LogP contribution in [0.1, 0.15) is 16.1 Å². The summed E-state index contributed by atoms with van der Waals surface area (Å²) in [6.07, 6.45) is 1.29. The monoisotopic (exact) mass is 352 g/mol. The van der Waals surface area contributed by atoms with Gasteiger partial charge in [-0.1, -0.05) is 42.1 Å². The van der Waals surface area contributed by atoms with E-state index >= 15 is 0 Å². The van der Waals surface area contributed by atoms with Crippen LogP contribution in [0.25, 0.3) is 11.3 Å². The number of nitrogens with zero attached hydrogens (tertiary/aromatic N) is 2. The van der Waals surface area contributed by atoms with E-state index in [1.54, 1.807) is 36.4 Å². The molecule has 1 amide bonds. The van der Waals surface area contributed by atoms with Crippen LogP contribution in [0.2, 0.25) is 0 Å². The second-order valence-electron chi connectivity index (χ2n) is 5.24. The van der Waals surface area contributed by atoms with Crippen molar-refractivity contribution < 1.29 is 24.7 Å². The predicted molar refractivity (Wildman–Crippen MR) is 91.1 cm³/mol. The molecule has 0 aliphatic heterocycles. The Morgan fingerprint density at radius 3 is 2.69 bits per heavy atom. The van der Waals surface area contributed by atoms with E-state index in [1.165, 1.54) is 30.5 Å². The average molecular weight is 352 g/mol. The Balaban J connectivity index is 1.69. The Hall–Kier alpha value is -3.62. The Morgan fingerprint density at radius 1 is 1.12 bits per heavy atom. The molecule has 0 unspecified atom stereocenters. The number of anilines is 1. The van der Waals surface area contributed by atoms with Gasteiger partial charge in [0.2, 0.25) is 0 Å². The molecule has 3 aromatic rings. The van der Waals surface area contributed by atoms with Crippen LogP contribution < -0.4 is 15.8 Å². The molecule has 3 rings (SSSR count). The number of nitrogens with one attached hydrogen (secondary N) is 1. The van der Waals surface area contributed by atoms with Gasteiger partial charge in [-0.25, -0.2) is 5.43 Å². The van der Waals surface area contributed by atoms with Crippen LogP contribution in [-0.2, 0) is 0 Å². The van der Waals surface area contributed by atoms with E-state index in [1.807, 2.05) is 0 Å². The lowest BCUT2D eigenvalue weighted by Crippen LogP contribution is -2.19. The third-order valence-electron chi connectivity index (χ3n) is 3.48. The van der Waals surface area contributed by atoms with Crippen LogP contribution in [0.5, 0.6) is 5.75 Å². The van der Waals surface area contributed by atoms with E-state index in [2.05, 4.69) is 10.5 Å². The van der Waals surface area contributed by atoms with Crippen LogP contribution in [-0.4, -0.2) is 22.5 Å². The van der Waals surface area contributed by atoms with E-state index in [0.29, 0.717) is 17.1 Å². The third-order valence-corrected chi connectivity index (χ3v) is 3.48. The van der Waals surface area contributed by atoms with Gasteiger partial charge in [0.05, 0.1) is 11.9 Å². The molecule has 26 heavy (non-hydrogen) atoms. The molecule has 1 heterocycles. The molecule has 0 fully saturated rings. The molecule has 0 saturated heterocycles. The number of hydrogen-bond donors (Lipinski definition) is 3. The molecule has 0 radical (unpaired) electrons. The highest BCUT2D eigenvalue weighted by Gasteiger charge is 2.07. The number of carbonyl (C=O) groups is 1. The zero-order valence-electron chi connectivity index (χ0n) is 13.4. The Kier molecular flexibility index (Phi) is 4.97. The van der Waals surface area contributed by atoms with E-state index < -0.39 is 5.91 Å². The fourth-order valence-corrected chi connectivity index (χ4v) is 2.23. The first-order valence-electron chi connectivity index (χ1n) is 7.52. The maximum absolute atomic E-state index is 11.9. The molecule has 0 saturated carbocycles. The maximum atomic E-state index is 11.9. The molecular weight excluding hydrogens is 338 g/mol. The van der Waals surface area contributed by atoms with Crippen molar-refractivity contribution in [2.45, 2.75) is 0 Å². The van der Waals surface area contributed by atoms with Crippen molar-refractivity contribution in [1.29, 1.82) is 0 Å². The molecule has 3 N–H and O–H groups in total. The summed E-state index contributed by atoms with van der Waals surface area (Å²) < 4.78 is 5.57. The fourth-order valence-electron chi connectivity index (χ4n) is 2.23. The zero-order valence-corrected chi connectivity index (χ0v) is 13.4. The smallest absolute Gasteiger partial charge is 0.270 e. The van der Waals surface area contributed by atoms with Gasteiger partial charge >= 0.3 is 0 Å². The first-order chi connectivity index (χ1) is 12.5. The summed E-state index contributed by atoms with van der Waals surface area (Å²) in [5.74, 6) is -0.156. The highest BCUT2D eigenvalue weighted by molar-refractivity contribution is 5.97. The lowest BCUT2D eigenvalue weighted by Gasteiger charge is -2.10. The van der Waals surface area contributed by atoms with Gasteiger partial charge in [0.15, 0.2) is 0 Å². The van der Waals surface area contributed by atoms with Crippen LogP contribution in [0, 0.1) is 0 Å². The van der Waals surface area contributed by atoms with Gasteiger partial charge in [-0.05, 0) is 24.3 Å². The topological polar surface area (TPSA) is 121 Å². The second-order valence-corrected chi connectivity index (χ2v) is 5.24. The summed E-state index contributed by atoms with van der Waals surface area (Å²) in [6.45, 7) is 0. The molecule has 8 heteroatoms. The standard InChI is InChI=1S/C18H15N3O5/c22-16-7-2-1-6-15(16)18(23)20-19-11-14-8-9-17(26-14)12-4-3-5-13(10-12)21(24)25/h1-11,22,24-25H,(H,20,23)/p-1. The van der Waals surface area contributed by atoms with Crippen LogP contribution >= 0.6 is 0 Å². The van der Waals surface area contributed by atoms with Crippen LogP contribution in [0.4, 0.5) is 5.69 Å². The minimum atomic E-state index is -0.614. The number of para-hydroxylation sites is 1. The number of rotatable bonds is 5. The van der Waals surface area contributed by atoms with Crippen molar-refractivity contribution in [2.75, 3.05) is 5.23 Å². The fraction of sp³-hybridized carbons (Fsp3) is 0. The number of amides is 1. The minimum absolute atomic E-state index is 0.000778. The molecule has 1 aromatic heterocycles. The Labute approximate surface area is 148 Å². The van der Waals surface area contributed by atoms with Gasteiger partial charge in [-0.3, -0.25) is 15.2 Å². The highest BCUT2D eigenvalue weighted by Crippen LogP contribution is 2.25. The van der Waals surface area contributed by atoms with Gasteiger partial charge in [0.1, 0.15) is 11.5 Å². The molecule has 2 aromatic carbocycles. The van der Waals surface area contributed by atoms with E-state index in [0.717, 1.165) is 0 Å². The molecule has 0 atom stereocenters. The largest absolute Gasteiger partial charge is 0.872 e. The Morgan fingerprint density at radius 2 is 1.92 bits per heavy atom. The van der Waals surface area contributed by atoms with Gasteiger partial charge in [0.25, 0.3) is 5.91 Å². The van der Waals surface area contributed by atoms with E-state index in [9.17, 15) is 9.90 Å². The van der Waals surface area contributed by atoms with Crippen LogP contribution in [0.15, 0.2) is 70.2 Å². The maximum Gasteiger partial charge on any atom is 0.270 e. The SMILES string of the molecule is O=C(NN=Cc1ccc(-c2cccc(N(O)O)c2)o1)c1ccccc1[O-]. The summed E-state index contributed by atoms with van der Waals surface area (Å²) in [5.41, 5.74) is 3.06. The van der Waals surface area contributed by atoms with Crippen molar-refractivity contribution in [3.63, 3.8) is 0 Å². The highest BCUT2D eigenvalue weighted by atomic mass is 16.8. The molecule has 0 bridgehead atoms. The van der Waals surface area contributed by atoms with Gasteiger partial charge in [-0.15, -0.1) is 5.23 Å². The average Bonchev–Trinajstić information content (AvgIpc) is 3.11. The summed E-state index contributed by atoms with van der Waals surface area (Å²) in [4.78, 5) is 11.9. The zero-order chi connectivity index (χ0) is 18.5. The van der Waals surface area contributed by atoms with Gasteiger partial charge < -0.3 is 9.52 Å². The summed E-state index contributed by atoms with van der Waals surface area (Å²) in [7, 11) is 0. The van der Waals surface area contributed by atoms with Crippen molar-refractivity contribution in [3.8, 4) is 17.1 Å². The van der Waals surface area contributed by atoms with Crippen molar-refractivity contribution in [3.05, 3.63) is 72.0 Å². The van der Waals surface area contributed by atoms with Crippen molar-refractivity contribution in [2.24, 2.45) is 5.10 Å². The number of benzene rings is 2. The Bertz CT molecular complexity index is 949. The minimum Gasteiger partial charge on any atom is -0.872 e. The molecular formula is C18H14N3O5-. The molecule has 0 spiro atoms. The van der Waals surface area contributed by atoms with Crippen molar-refractivity contribution in [1.82, 2.24) is 5.43 Å². The number of carbonyl (C=O) groups excluding carboxylic acids is 1.